The Morgan fingerprint density at radius 1 is 1.00 bits per heavy atom. The minimum atomic E-state index is -0.486. The molecule has 0 atom stereocenters. The van der Waals surface area contributed by atoms with Crippen LogP contribution < -0.4 is 19.8 Å². The molecule has 0 amide bonds. The van der Waals surface area contributed by atoms with Crippen molar-refractivity contribution in [3.8, 4) is 28.4 Å². The van der Waals surface area contributed by atoms with E-state index in [1.54, 1.807) is 49.6 Å². The van der Waals surface area contributed by atoms with Gasteiger partial charge in [0, 0.05) is 11.5 Å². The van der Waals surface area contributed by atoms with Crippen LogP contribution in [0, 0.1) is 5.92 Å². The maximum atomic E-state index is 12.5. The van der Waals surface area contributed by atoms with E-state index in [4.69, 9.17) is 18.6 Å². The molecular weight excluding hydrogens is 348 g/mol. The van der Waals surface area contributed by atoms with Crippen LogP contribution in [0.3, 0.4) is 0 Å². The minimum absolute atomic E-state index is 0.000124. The Bertz CT molecular complexity index is 1080. The van der Waals surface area contributed by atoms with E-state index in [1.165, 1.54) is 7.11 Å². The Morgan fingerprint density at radius 2 is 1.78 bits per heavy atom. The maximum Gasteiger partial charge on any atom is 0.344 e. The Balaban J connectivity index is 1.71. The zero-order valence-corrected chi connectivity index (χ0v) is 15.0. The summed E-state index contributed by atoms with van der Waals surface area (Å²) >= 11 is 0. The van der Waals surface area contributed by atoms with Crippen LogP contribution in [0.25, 0.3) is 22.1 Å². The molecular formula is C21H18O6. The summed E-state index contributed by atoms with van der Waals surface area (Å²) in [7, 11) is 3.09. The summed E-state index contributed by atoms with van der Waals surface area (Å²) in [5.74, 6) is 1.24. The lowest BCUT2D eigenvalue weighted by Gasteiger charge is -2.10. The highest BCUT2D eigenvalue weighted by molar-refractivity contribution is 5.84. The molecule has 4 rings (SSSR count). The minimum Gasteiger partial charge on any atom is -0.493 e. The smallest absolute Gasteiger partial charge is 0.344 e. The van der Waals surface area contributed by atoms with Gasteiger partial charge in [0.25, 0.3) is 0 Å². The molecule has 0 unspecified atom stereocenters. The van der Waals surface area contributed by atoms with Gasteiger partial charge in [-0.1, -0.05) is 6.07 Å². The second-order valence-electron chi connectivity index (χ2n) is 6.41. The van der Waals surface area contributed by atoms with Gasteiger partial charge in [-0.3, -0.25) is 4.79 Å². The number of esters is 1. The normalized spacial score (nSPS) is 13.4. The quantitative estimate of drug-likeness (QED) is 0.388. The predicted octanol–water partition coefficient (Wildman–Crippen LogP) is 3.79. The van der Waals surface area contributed by atoms with Gasteiger partial charge < -0.3 is 18.6 Å². The van der Waals surface area contributed by atoms with Gasteiger partial charge in [-0.15, -0.1) is 0 Å². The first-order valence-corrected chi connectivity index (χ1v) is 8.61. The van der Waals surface area contributed by atoms with Crippen LogP contribution in [-0.2, 0) is 4.79 Å². The fourth-order valence-corrected chi connectivity index (χ4v) is 2.88. The second-order valence-corrected chi connectivity index (χ2v) is 6.41. The van der Waals surface area contributed by atoms with Crippen LogP contribution >= 0.6 is 0 Å². The number of hydrogen-bond acceptors (Lipinski definition) is 6. The van der Waals surface area contributed by atoms with Crippen LogP contribution in [0.5, 0.6) is 17.2 Å². The number of benzene rings is 2. The van der Waals surface area contributed by atoms with Crippen molar-refractivity contribution >= 4 is 16.9 Å². The molecule has 0 spiro atoms. The van der Waals surface area contributed by atoms with Crippen molar-refractivity contribution in [3.05, 3.63) is 52.9 Å². The fraction of sp³-hybridized carbons (Fsp3) is 0.238. The average molecular weight is 366 g/mol. The third-order valence-electron chi connectivity index (χ3n) is 4.53. The summed E-state index contributed by atoms with van der Waals surface area (Å²) in [6.45, 7) is 0. The first-order chi connectivity index (χ1) is 13.1. The van der Waals surface area contributed by atoms with E-state index in [9.17, 15) is 9.59 Å². The molecule has 0 bridgehead atoms. The first kappa shape index (κ1) is 17.1. The van der Waals surface area contributed by atoms with Gasteiger partial charge in [-0.2, -0.15) is 0 Å². The molecule has 6 heteroatoms. The molecule has 0 radical (unpaired) electrons. The van der Waals surface area contributed by atoms with E-state index in [0.717, 1.165) is 18.2 Å². The van der Waals surface area contributed by atoms with Crippen molar-refractivity contribution < 1.29 is 23.4 Å². The standard InChI is InChI=1S/C21H18O6/c1-24-17-8-6-13(10-19(17)25-2)16-9-14-5-7-15(11-18(14)27-21(16)23)26-20(22)12-3-4-12/h5-12H,3-4H2,1-2H3. The van der Waals surface area contributed by atoms with Crippen LogP contribution in [0.2, 0.25) is 0 Å². The van der Waals surface area contributed by atoms with E-state index in [2.05, 4.69) is 0 Å². The molecule has 0 aliphatic heterocycles. The van der Waals surface area contributed by atoms with E-state index in [1.807, 2.05) is 0 Å². The number of methoxy groups -OCH3 is 2. The van der Waals surface area contributed by atoms with Gasteiger partial charge in [0.1, 0.15) is 11.3 Å². The number of fused-ring (bicyclic) bond motifs is 1. The van der Waals surface area contributed by atoms with E-state index in [0.29, 0.717) is 34.0 Å². The lowest BCUT2D eigenvalue weighted by Crippen LogP contribution is -2.09. The van der Waals surface area contributed by atoms with Crippen molar-refractivity contribution in [2.75, 3.05) is 14.2 Å². The lowest BCUT2D eigenvalue weighted by atomic mass is 10.1. The van der Waals surface area contributed by atoms with Gasteiger partial charge in [0.15, 0.2) is 11.5 Å². The van der Waals surface area contributed by atoms with Crippen LogP contribution in [-0.4, -0.2) is 20.2 Å². The maximum absolute atomic E-state index is 12.5. The molecule has 138 valence electrons. The molecule has 1 heterocycles. The van der Waals surface area contributed by atoms with Gasteiger partial charge in [-0.25, -0.2) is 4.79 Å². The molecule has 1 aromatic heterocycles. The Morgan fingerprint density at radius 3 is 2.48 bits per heavy atom. The predicted molar refractivity (Wildman–Crippen MR) is 99.4 cm³/mol. The van der Waals surface area contributed by atoms with Crippen molar-refractivity contribution in [3.63, 3.8) is 0 Å². The van der Waals surface area contributed by atoms with Gasteiger partial charge >= 0.3 is 11.6 Å². The zero-order valence-electron chi connectivity index (χ0n) is 15.0. The largest absolute Gasteiger partial charge is 0.493 e. The zero-order chi connectivity index (χ0) is 19.0. The Kier molecular flexibility index (Phi) is 4.32. The average Bonchev–Trinajstić information content (AvgIpc) is 3.52. The third-order valence-corrected chi connectivity index (χ3v) is 4.53. The molecule has 0 N–H and O–H groups in total. The fourth-order valence-electron chi connectivity index (χ4n) is 2.88. The highest BCUT2D eigenvalue weighted by Crippen LogP contribution is 2.33. The van der Waals surface area contributed by atoms with Crippen molar-refractivity contribution in [2.24, 2.45) is 5.92 Å². The van der Waals surface area contributed by atoms with Crippen LogP contribution in [0.4, 0.5) is 0 Å². The van der Waals surface area contributed by atoms with Crippen molar-refractivity contribution in [1.29, 1.82) is 0 Å². The van der Waals surface area contributed by atoms with Gasteiger partial charge in [-0.05, 0) is 48.7 Å². The number of ether oxygens (including phenoxy) is 3. The lowest BCUT2D eigenvalue weighted by molar-refractivity contribution is -0.135. The Hall–Kier alpha value is -3.28. The van der Waals surface area contributed by atoms with Crippen molar-refractivity contribution in [1.82, 2.24) is 0 Å². The second kappa shape index (κ2) is 6.79. The summed E-state index contributed by atoms with van der Waals surface area (Å²) in [5, 5.41) is 0.727. The van der Waals surface area contributed by atoms with E-state index in [-0.39, 0.29) is 11.9 Å². The first-order valence-electron chi connectivity index (χ1n) is 8.61. The summed E-state index contributed by atoms with van der Waals surface area (Å²) in [6.07, 6.45) is 1.74. The molecule has 2 aromatic carbocycles. The summed E-state index contributed by atoms with van der Waals surface area (Å²) in [4.78, 5) is 24.3. The summed E-state index contributed by atoms with van der Waals surface area (Å²) in [6, 6.07) is 12.0. The number of carbonyl (C=O) groups excluding carboxylic acids is 1. The number of hydrogen-bond donors (Lipinski definition) is 0. The number of carbonyl (C=O) groups is 1. The Labute approximate surface area is 155 Å². The molecule has 0 saturated heterocycles. The molecule has 1 aliphatic rings. The van der Waals surface area contributed by atoms with Gasteiger partial charge in [0.2, 0.25) is 0 Å². The SMILES string of the molecule is COc1ccc(-c2cc3ccc(OC(=O)C4CC4)cc3oc2=O)cc1OC. The van der Waals surface area contributed by atoms with E-state index < -0.39 is 5.63 Å². The molecule has 6 nitrogen and oxygen atoms in total. The molecule has 1 saturated carbocycles. The summed E-state index contributed by atoms with van der Waals surface area (Å²) < 4.78 is 21.3. The third kappa shape index (κ3) is 3.38. The molecule has 1 fully saturated rings. The van der Waals surface area contributed by atoms with Crippen LogP contribution in [0.15, 0.2) is 51.7 Å². The number of rotatable bonds is 5. The molecule has 1 aliphatic carbocycles. The topological polar surface area (TPSA) is 75.0 Å². The molecule has 27 heavy (non-hydrogen) atoms. The highest BCUT2D eigenvalue weighted by Gasteiger charge is 2.31. The van der Waals surface area contributed by atoms with Crippen molar-refractivity contribution in [2.45, 2.75) is 12.8 Å². The highest BCUT2D eigenvalue weighted by atomic mass is 16.5. The van der Waals surface area contributed by atoms with E-state index >= 15 is 0 Å². The molecule has 3 aromatic rings. The van der Waals surface area contributed by atoms with Crippen LogP contribution in [0.1, 0.15) is 12.8 Å². The monoisotopic (exact) mass is 366 g/mol. The van der Waals surface area contributed by atoms with Gasteiger partial charge in [0.05, 0.1) is 25.7 Å². The summed E-state index contributed by atoms with van der Waals surface area (Å²) in [5.41, 5.74) is 0.949.